The number of aromatic nitrogens is 1. The Morgan fingerprint density at radius 3 is 2.57 bits per heavy atom. The number of fused-ring (bicyclic) bond motifs is 4. The Morgan fingerprint density at radius 2 is 1.83 bits per heavy atom. The van der Waals surface area contributed by atoms with Crippen LogP contribution in [0.4, 0.5) is 5.69 Å². The van der Waals surface area contributed by atoms with E-state index in [1.165, 1.54) is 4.90 Å². The van der Waals surface area contributed by atoms with E-state index in [-0.39, 0.29) is 36.2 Å². The first-order valence-corrected chi connectivity index (χ1v) is 9.66. The molecule has 2 aromatic rings. The zero-order valence-corrected chi connectivity index (χ0v) is 16.1. The predicted octanol–water partition coefficient (Wildman–Crippen LogP) is 0.896. The van der Waals surface area contributed by atoms with Gasteiger partial charge in [0.05, 0.1) is 0 Å². The van der Waals surface area contributed by atoms with E-state index in [4.69, 9.17) is 9.84 Å². The van der Waals surface area contributed by atoms with Gasteiger partial charge >= 0.3 is 11.9 Å². The lowest BCUT2D eigenvalue weighted by atomic mass is 9.83. The number of anilines is 1. The Bertz CT molecular complexity index is 1050. The molecule has 0 unspecified atom stereocenters. The number of nitrogens with one attached hydrogen (secondary N) is 1. The van der Waals surface area contributed by atoms with Gasteiger partial charge in [0.25, 0.3) is 11.5 Å². The van der Waals surface area contributed by atoms with Gasteiger partial charge in [-0.05, 0) is 36.6 Å². The van der Waals surface area contributed by atoms with Crippen LogP contribution >= 0.6 is 0 Å². The Kier molecular flexibility index (Phi) is 5.26. The number of amides is 2. The molecule has 2 N–H and O–H groups in total. The monoisotopic (exact) mass is 411 g/mol. The number of para-hydroxylation sites is 1. The van der Waals surface area contributed by atoms with Gasteiger partial charge in [-0.3, -0.25) is 14.4 Å². The van der Waals surface area contributed by atoms with E-state index in [0.29, 0.717) is 18.8 Å². The van der Waals surface area contributed by atoms with E-state index in [2.05, 4.69) is 5.32 Å². The van der Waals surface area contributed by atoms with Crippen molar-refractivity contribution < 1.29 is 24.2 Å². The number of ether oxygens (including phenoxy) is 1. The normalized spacial score (nSPS) is 19.5. The summed E-state index contributed by atoms with van der Waals surface area (Å²) in [5.41, 5.74) is 0.602. The average Bonchev–Trinajstić information content (AvgIpc) is 2.74. The molecule has 2 aliphatic heterocycles. The van der Waals surface area contributed by atoms with E-state index in [1.54, 1.807) is 41.0 Å². The molecule has 2 atom stereocenters. The van der Waals surface area contributed by atoms with Crippen LogP contribution in [0.5, 0.6) is 5.75 Å². The highest BCUT2D eigenvalue weighted by atomic mass is 16.5. The van der Waals surface area contributed by atoms with Crippen LogP contribution in [-0.2, 0) is 20.9 Å². The van der Waals surface area contributed by atoms with Crippen LogP contribution in [0.15, 0.2) is 47.3 Å². The molecule has 2 aliphatic rings. The highest BCUT2D eigenvalue weighted by Crippen LogP contribution is 2.35. The number of carbonyl (C=O) groups is 3. The number of benzene rings is 1. The predicted molar refractivity (Wildman–Crippen MR) is 106 cm³/mol. The molecule has 2 bridgehead atoms. The number of piperidine rings is 1. The molecule has 3 heterocycles. The minimum absolute atomic E-state index is 0.00962. The maximum atomic E-state index is 12.9. The van der Waals surface area contributed by atoms with Crippen LogP contribution in [0.3, 0.4) is 0 Å². The largest absolute Gasteiger partial charge is 0.484 e. The number of carbonyl (C=O) groups excluding carboxylic acids is 2. The lowest BCUT2D eigenvalue weighted by molar-refractivity contribution is -0.157. The smallest absolute Gasteiger partial charge is 0.394 e. The number of carboxylic acid groups (broad SMARTS) is 1. The third kappa shape index (κ3) is 3.91. The minimum Gasteiger partial charge on any atom is -0.484 e. The van der Waals surface area contributed by atoms with E-state index in [0.717, 1.165) is 12.1 Å². The molecule has 9 nitrogen and oxygen atoms in total. The van der Waals surface area contributed by atoms with Crippen molar-refractivity contribution in [3.05, 3.63) is 58.5 Å². The fourth-order valence-electron chi connectivity index (χ4n) is 4.19. The van der Waals surface area contributed by atoms with Crippen molar-refractivity contribution in [3.63, 3.8) is 0 Å². The fraction of sp³-hybridized carbons (Fsp3) is 0.333. The number of carboxylic acids is 1. The second-order valence-corrected chi connectivity index (χ2v) is 7.55. The summed E-state index contributed by atoms with van der Waals surface area (Å²) in [5, 5.41) is 11.6. The maximum absolute atomic E-state index is 12.9. The van der Waals surface area contributed by atoms with Crippen LogP contribution in [0.25, 0.3) is 0 Å². The van der Waals surface area contributed by atoms with Crippen molar-refractivity contribution in [1.82, 2.24) is 9.47 Å². The summed E-state index contributed by atoms with van der Waals surface area (Å²) in [5.74, 6) is -2.39. The zero-order chi connectivity index (χ0) is 21.3. The number of aliphatic carboxylic acids is 1. The van der Waals surface area contributed by atoms with Crippen LogP contribution in [-0.4, -0.2) is 52.1 Å². The number of nitrogens with zero attached hydrogens (tertiary/aromatic N) is 2. The molecule has 1 fully saturated rings. The van der Waals surface area contributed by atoms with Crippen molar-refractivity contribution in [2.75, 3.05) is 25.0 Å². The highest BCUT2D eigenvalue weighted by molar-refractivity contribution is 6.31. The summed E-state index contributed by atoms with van der Waals surface area (Å²) in [6, 6.07) is 12.2. The van der Waals surface area contributed by atoms with Gasteiger partial charge in [-0.25, -0.2) is 4.79 Å². The van der Waals surface area contributed by atoms with Crippen LogP contribution in [0.1, 0.15) is 18.0 Å². The quantitative estimate of drug-likeness (QED) is 0.722. The van der Waals surface area contributed by atoms with E-state index >= 15 is 0 Å². The number of likely N-dealkylation sites (tertiary alicyclic amines) is 1. The zero-order valence-electron chi connectivity index (χ0n) is 16.1. The van der Waals surface area contributed by atoms with Crippen molar-refractivity contribution in [2.45, 2.75) is 18.9 Å². The Labute approximate surface area is 171 Å². The Hall–Kier alpha value is -3.62. The maximum Gasteiger partial charge on any atom is 0.394 e. The third-order valence-electron chi connectivity index (χ3n) is 5.46. The highest BCUT2D eigenvalue weighted by Gasteiger charge is 2.38. The molecule has 1 saturated heterocycles. The molecule has 9 heteroatoms. The SMILES string of the molecule is O=C(COc1ccccc1)Nc1ccc2n(c1=O)C[C@@H]1C[C@@H]2CN(C(=O)C(=O)O)C1. The summed E-state index contributed by atoms with van der Waals surface area (Å²) >= 11 is 0. The van der Waals surface area contributed by atoms with Crippen LogP contribution in [0, 0.1) is 5.92 Å². The Balaban J connectivity index is 1.47. The molecule has 2 amide bonds. The van der Waals surface area contributed by atoms with Gasteiger partial charge in [-0.1, -0.05) is 18.2 Å². The fourth-order valence-corrected chi connectivity index (χ4v) is 4.19. The molecule has 4 rings (SSSR count). The van der Waals surface area contributed by atoms with Gasteiger partial charge in [0.1, 0.15) is 11.4 Å². The summed E-state index contributed by atoms with van der Waals surface area (Å²) in [6.07, 6.45) is 0.791. The van der Waals surface area contributed by atoms with Gasteiger partial charge < -0.3 is 24.6 Å². The van der Waals surface area contributed by atoms with Gasteiger partial charge in [0, 0.05) is 31.2 Å². The minimum atomic E-state index is -1.47. The van der Waals surface area contributed by atoms with Gasteiger partial charge in [-0.15, -0.1) is 0 Å². The van der Waals surface area contributed by atoms with Crippen molar-refractivity contribution in [2.24, 2.45) is 5.92 Å². The topological polar surface area (TPSA) is 118 Å². The van der Waals surface area contributed by atoms with Crippen molar-refractivity contribution >= 4 is 23.5 Å². The third-order valence-corrected chi connectivity index (χ3v) is 5.46. The lowest BCUT2D eigenvalue weighted by Gasteiger charge is -2.42. The van der Waals surface area contributed by atoms with Gasteiger partial charge in [0.2, 0.25) is 0 Å². The van der Waals surface area contributed by atoms with Gasteiger partial charge in [-0.2, -0.15) is 0 Å². The standard InChI is InChI=1S/C21H21N3O6/c25-18(12-30-15-4-2-1-3-5-15)22-16-6-7-17-14-8-13(10-24(17)19(16)26)9-23(11-14)20(27)21(28)29/h1-7,13-14H,8-12H2,(H,22,25)(H,28,29)/t13-,14-/m1/s1. The van der Waals surface area contributed by atoms with Gasteiger partial charge in [0.15, 0.2) is 6.61 Å². The molecule has 0 aliphatic carbocycles. The molecule has 1 aromatic heterocycles. The molecule has 0 saturated carbocycles. The summed E-state index contributed by atoms with van der Waals surface area (Å²) < 4.78 is 7.02. The second kappa shape index (κ2) is 8.02. The van der Waals surface area contributed by atoms with Crippen molar-refractivity contribution in [3.8, 4) is 5.75 Å². The number of pyridine rings is 1. The Morgan fingerprint density at radius 1 is 1.07 bits per heavy atom. The molecule has 0 spiro atoms. The van der Waals surface area contributed by atoms with E-state index in [9.17, 15) is 19.2 Å². The summed E-state index contributed by atoms with van der Waals surface area (Å²) in [6.45, 7) is 0.716. The lowest BCUT2D eigenvalue weighted by Crippen LogP contribution is -2.51. The van der Waals surface area contributed by atoms with Crippen molar-refractivity contribution in [1.29, 1.82) is 0 Å². The molecule has 156 valence electrons. The second-order valence-electron chi connectivity index (χ2n) is 7.55. The number of hydrogen-bond acceptors (Lipinski definition) is 5. The summed E-state index contributed by atoms with van der Waals surface area (Å²) in [7, 11) is 0. The van der Waals surface area contributed by atoms with Crippen LogP contribution in [0.2, 0.25) is 0 Å². The number of hydrogen-bond donors (Lipinski definition) is 2. The average molecular weight is 411 g/mol. The first-order valence-electron chi connectivity index (χ1n) is 9.66. The molecule has 1 aromatic carbocycles. The number of rotatable bonds is 4. The van der Waals surface area contributed by atoms with E-state index < -0.39 is 17.8 Å². The molecule has 30 heavy (non-hydrogen) atoms. The van der Waals surface area contributed by atoms with E-state index in [1.807, 2.05) is 6.07 Å². The molecular formula is C21H21N3O6. The molecular weight excluding hydrogens is 390 g/mol. The first-order chi connectivity index (χ1) is 14.4. The van der Waals surface area contributed by atoms with Crippen LogP contribution < -0.4 is 15.6 Å². The summed E-state index contributed by atoms with van der Waals surface area (Å²) in [4.78, 5) is 49.3. The first kappa shape index (κ1) is 19.7. The molecule has 0 radical (unpaired) electrons.